The number of rotatable bonds is 4. The van der Waals surface area contributed by atoms with Crippen LogP contribution in [0.2, 0.25) is 0 Å². The lowest BCUT2D eigenvalue weighted by Gasteiger charge is -2.22. The maximum absolute atomic E-state index is 12.1. The Kier molecular flexibility index (Phi) is 4.73. The summed E-state index contributed by atoms with van der Waals surface area (Å²) in [5.41, 5.74) is 1.19. The van der Waals surface area contributed by atoms with E-state index in [1.807, 2.05) is 18.2 Å². The molecule has 1 aromatic carbocycles. The highest BCUT2D eigenvalue weighted by atomic mass is 16.5. The zero-order valence-electron chi connectivity index (χ0n) is 12.6. The molecule has 118 valence electrons. The van der Waals surface area contributed by atoms with Crippen LogP contribution in [-0.2, 0) is 14.3 Å². The molecular weight excluding hydrogens is 280 g/mol. The molecule has 3 atom stereocenters. The molecular formula is C17H22N2O3. The van der Waals surface area contributed by atoms with Gasteiger partial charge in [0.1, 0.15) is 0 Å². The van der Waals surface area contributed by atoms with Gasteiger partial charge in [0.15, 0.2) is 0 Å². The summed E-state index contributed by atoms with van der Waals surface area (Å²) < 4.78 is 6.01. The van der Waals surface area contributed by atoms with Crippen molar-refractivity contribution in [2.24, 2.45) is 5.92 Å². The van der Waals surface area contributed by atoms with E-state index in [0.29, 0.717) is 19.5 Å². The molecule has 0 aromatic heterocycles. The third-order valence-electron chi connectivity index (χ3n) is 4.40. The highest BCUT2D eigenvalue weighted by molar-refractivity contribution is 5.86. The molecule has 2 saturated heterocycles. The second kappa shape index (κ2) is 6.92. The van der Waals surface area contributed by atoms with Gasteiger partial charge in [-0.25, -0.2) is 0 Å². The quantitative estimate of drug-likeness (QED) is 0.887. The first-order valence-corrected chi connectivity index (χ1v) is 7.97. The molecule has 3 rings (SSSR count). The van der Waals surface area contributed by atoms with E-state index >= 15 is 0 Å². The number of ether oxygens (including phenoxy) is 1. The molecule has 5 nitrogen and oxygen atoms in total. The number of carbonyl (C=O) groups excluding carboxylic acids is 2. The Hall–Kier alpha value is -1.88. The zero-order valence-corrected chi connectivity index (χ0v) is 12.6. The minimum atomic E-state index is -0.194. The van der Waals surface area contributed by atoms with Gasteiger partial charge in [0, 0.05) is 25.4 Å². The molecule has 2 aliphatic heterocycles. The summed E-state index contributed by atoms with van der Waals surface area (Å²) in [6.45, 7) is 1.12. The Morgan fingerprint density at radius 3 is 2.82 bits per heavy atom. The van der Waals surface area contributed by atoms with Gasteiger partial charge >= 0.3 is 0 Å². The predicted molar refractivity (Wildman–Crippen MR) is 82.0 cm³/mol. The molecule has 2 fully saturated rings. The van der Waals surface area contributed by atoms with E-state index in [0.717, 1.165) is 19.3 Å². The van der Waals surface area contributed by atoms with Crippen molar-refractivity contribution in [2.75, 3.05) is 13.1 Å². The van der Waals surface area contributed by atoms with Crippen LogP contribution in [0.25, 0.3) is 0 Å². The van der Waals surface area contributed by atoms with E-state index in [-0.39, 0.29) is 29.9 Å². The Balaban J connectivity index is 1.45. The molecule has 0 spiro atoms. The standard InChI is InChI=1S/C17H22N2O3/c20-16-10-13(8-9-18-16)17(21)19-11-14-6-7-15(22-14)12-4-2-1-3-5-12/h1-5,13-15H,6-11H2,(H,18,20)(H,19,21). The summed E-state index contributed by atoms with van der Waals surface area (Å²) in [5.74, 6) is -0.255. The van der Waals surface area contributed by atoms with Crippen molar-refractivity contribution in [2.45, 2.75) is 37.9 Å². The summed E-state index contributed by atoms with van der Waals surface area (Å²) in [6.07, 6.45) is 3.14. The average Bonchev–Trinajstić information content (AvgIpc) is 3.02. The maximum atomic E-state index is 12.1. The number of hydrogen-bond acceptors (Lipinski definition) is 3. The molecule has 3 unspecified atom stereocenters. The lowest BCUT2D eigenvalue weighted by molar-refractivity contribution is -0.132. The largest absolute Gasteiger partial charge is 0.368 e. The maximum Gasteiger partial charge on any atom is 0.223 e. The van der Waals surface area contributed by atoms with Crippen molar-refractivity contribution in [1.82, 2.24) is 10.6 Å². The summed E-state index contributed by atoms with van der Waals surface area (Å²) in [6, 6.07) is 10.2. The molecule has 5 heteroatoms. The normalized spacial score (nSPS) is 28.2. The fourth-order valence-corrected chi connectivity index (χ4v) is 3.14. The minimum absolute atomic E-state index is 0.0263. The van der Waals surface area contributed by atoms with Crippen LogP contribution in [0.3, 0.4) is 0 Å². The highest BCUT2D eigenvalue weighted by Crippen LogP contribution is 2.32. The van der Waals surface area contributed by atoms with Gasteiger partial charge in [-0.2, -0.15) is 0 Å². The van der Waals surface area contributed by atoms with Crippen LogP contribution in [0.15, 0.2) is 30.3 Å². The van der Waals surface area contributed by atoms with Gasteiger partial charge in [-0.05, 0) is 24.8 Å². The number of carbonyl (C=O) groups is 2. The molecule has 2 aliphatic rings. The molecule has 22 heavy (non-hydrogen) atoms. The number of benzene rings is 1. The Morgan fingerprint density at radius 2 is 2.05 bits per heavy atom. The minimum Gasteiger partial charge on any atom is -0.368 e. The van der Waals surface area contributed by atoms with Crippen molar-refractivity contribution < 1.29 is 14.3 Å². The monoisotopic (exact) mass is 302 g/mol. The van der Waals surface area contributed by atoms with Gasteiger partial charge in [-0.1, -0.05) is 30.3 Å². The van der Waals surface area contributed by atoms with Crippen molar-refractivity contribution >= 4 is 11.8 Å². The summed E-state index contributed by atoms with van der Waals surface area (Å²) >= 11 is 0. The summed E-state index contributed by atoms with van der Waals surface area (Å²) in [4.78, 5) is 23.4. The van der Waals surface area contributed by atoms with Crippen LogP contribution in [0.5, 0.6) is 0 Å². The first kappa shape index (κ1) is 15.0. The van der Waals surface area contributed by atoms with Gasteiger partial charge in [0.05, 0.1) is 12.2 Å². The van der Waals surface area contributed by atoms with E-state index in [1.165, 1.54) is 5.56 Å². The summed E-state index contributed by atoms with van der Waals surface area (Å²) in [7, 11) is 0. The first-order chi connectivity index (χ1) is 10.7. The smallest absolute Gasteiger partial charge is 0.223 e. The molecule has 2 amide bonds. The SMILES string of the molecule is O=C1CC(C(=O)NCC2CCC(c3ccccc3)O2)CCN1. The molecule has 0 radical (unpaired) electrons. The van der Waals surface area contributed by atoms with E-state index in [4.69, 9.17) is 4.74 Å². The van der Waals surface area contributed by atoms with Crippen LogP contribution in [0, 0.1) is 5.92 Å². The molecule has 2 heterocycles. The van der Waals surface area contributed by atoms with Crippen LogP contribution in [-0.4, -0.2) is 31.0 Å². The fraction of sp³-hybridized carbons (Fsp3) is 0.529. The average molecular weight is 302 g/mol. The molecule has 0 bridgehead atoms. The van der Waals surface area contributed by atoms with E-state index in [1.54, 1.807) is 0 Å². The number of nitrogens with one attached hydrogen (secondary N) is 2. The Labute approximate surface area is 130 Å². The van der Waals surface area contributed by atoms with E-state index in [2.05, 4.69) is 22.8 Å². The zero-order chi connectivity index (χ0) is 15.4. The second-order valence-corrected chi connectivity index (χ2v) is 6.02. The third kappa shape index (κ3) is 3.65. The van der Waals surface area contributed by atoms with Crippen molar-refractivity contribution in [3.63, 3.8) is 0 Å². The van der Waals surface area contributed by atoms with Gasteiger partial charge in [0.25, 0.3) is 0 Å². The highest BCUT2D eigenvalue weighted by Gasteiger charge is 2.29. The lowest BCUT2D eigenvalue weighted by Crippen LogP contribution is -2.42. The number of piperidine rings is 1. The number of amides is 2. The molecule has 0 aliphatic carbocycles. The van der Waals surface area contributed by atoms with E-state index < -0.39 is 0 Å². The first-order valence-electron chi connectivity index (χ1n) is 7.97. The fourth-order valence-electron chi connectivity index (χ4n) is 3.14. The van der Waals surface area contributed by atoms with Gasteiger partial charge in [-0.15, -0.1) is 0 Å². The Morgan fingerprint density at radius 1 is 1.23 bits per heavy atom. The van der Waals surface area contributed by atoms with Crippen molar-refractivity contribution in [3.8, 4) is 0 Å². The topological polar surface area (TPSA) is 67.4 Å². The lowest BCUT2D eigenvalue weighted by atomic mass is 9.96. The van der Waals surface area contributed by atoms with Gasteiger partial charge in [0.2, 0.25) is 11.8 Å². The van der Waals surface area contributed by atoms with E-state index in [9.17, 15) is 9.59 Å². The molecule has 0 saturated carbocycles. The van der Waals surface area contributed by atoms with Crippen LogP contribution in [0.4, 0.5) is 0 Å². The summed E-state index contributed by atoms with van der Waals surface area (Å²) in [5, 5.41) is 5.69. The van der Waals surface area contributed by atoms with Crippen LogP contribution >= 0.6 is 0 Å². The van der Waals surface area contributed by atoms with Crippen LogP contribution < -0.4 is 10.6 Å². The van der Waals surface area contributed by atoms with Crippen LogP contribution in [0.1, 0.15) is 37.4 Å². The number of hydrogen-bond donors (Lipinski definition) is 2. The van der Waals surface area contributed by atoms with Crippen molar-refractivity contribution in [3.05, 3.63) is 35.9 Å². The van der Waals surface area contributed by atoms with Crippen molar-refractivity contribution in [1.29, 1.82) is 0 Å². The molecule has 2 N–H and O–H groups in total. The van der Waals surface area contributed by atoms with Gasteiger partial charge < -0.3 is 15.4 Å². The third-order valence-corrected chi connectivity index (χ3v) is 4.40. The Bertz CT molecular complexity index is 532. The second-order valence-electron chi connectivity index (χ2n) is 6.02. The predicted octanol–water partition coefficient (Wildman–Crippen LogP) is 1.55. The van der Waals surface area contributed by atoms with Gasteiger partial charge in [-0.3, -0.25) is 9.59 Å². The molecule has 1 aromatic rings.